The number of rotatable bonds is 5. The second-order valence-electron chi connectivity index (χ2n) is 4.54. The number of hydrogen-bond donors (Lipinski definition) is 1. The summed E-state index contributed by atoms with van der Waals surface area (Å²) in [6.07, 6.45) is 3.44. The van der Waals surface area contributed by atoms with Crippen LogP contribution in [0.4, 0.5) is 0 Å². The minimum atomic E-state index is 0.292. The van der Waals surface area contributed by atoms with Crippen LogP contribution in [-0.4, -0.2) is 27.5 Å². The maximum absolute atomic E-state index is 5.73. The summed E-state index contributed by atoms with van der Waals surface area (Å²) in [6.45, 7) is 6.55. The molecule has 0 saturated carbocycles. The third kappa shape index (κ3) is 2.35. The Morgan fingerprint density at radius 3 is 2.88 bits per heavy atom. The van der Waals surface area contributed by atoms with Gasteiger partial charge in [0.05, 0.1) is 12.6 Å². The van der Waals surface area contributed by atoms with E-state index in [-0.39, 0.29) is 0 Å². The topological polar surface area (TPSA) is 66.0 Å². The van der Waals surface area contributed by atoms with Crippen LogP contribution in [0.5, 0.6) is 0 Å². The van der Waals surface area contributed by atoms with Crippen molar-refractivity contribution in [3.63, 3.8) is 0 Å². The highest BCUT2D eigenvalue weighted by Gasteiger charge is 2.32. The highest BCUT2D eigenvalue weighted by molar-refractivity contribution is 5.06. The highest BCUT2D eigenvalue weighted by atomic mass is 16.5. The molecule has 0 spiro atoms. The number of hydrogen-bond acceptors (Lipinski definition) is 4. The smallest absolute Gasteiger partial charge is 0.146 e. The predicted octanol–water partition coefficient (Wildman–Crippen LogP) is 1.43. The molecular formula is C12H22N4O. The Hall–Kier alpha value is -0.940. The van der Waals surface area contributed by atoms with Crippen LogP contribution in [0.3, 0.4) is 0 Å². The van der Waals surface area contributed by atoms with E-state index in [0.717, 1.165) is 44.1 Å². The molecule has 0 aromatic carbocycles. The molecule has 1 fully saturated rings. The van der Waals surface area contributed by atoms with Crippen LogP contribution >= 0.6 is 0 Å². The molecule has 0 amide bonds. The van der Waals surface area contributed by atoms with Crippen molar-refractivity contribution in [2.45, 2.75) is 58.2 Å². The zero-order chi connectivity index (χ0) is 12.3. The average Bonchev–Trinajstić information content (AvgIpc) is 2.94. The molecule has 1 aromatic rings. The first kappa shape index (κ1) is 12.5. The fourth-order valence-corrected chi connectivity index (χ4v) is 2.59. The quantitative estimate of drug-likeness (QED) is 0.842. The van der Waals surface area contributed by atoms with Crippen LogP contribution in [0.1, 0.15) is 50.7 Å². The van der Waals surface area contributed by atoms with Crippen molar-refractivity contribution in [3.05, 3.63) is 11.6 Å². The second kappa shape index (κ2) is 5.60. The summed E-state index contributed by atoms with van der Waals surface area (Å²) in [6, 6.07) is 0. The van der Waals surface area contributed by atoms with Crippen molar-refractivity contribution in [1.82, 2.24) is 14.8 Å². The molecule has 2 rings (SSSR count). The fourth-order valence-electron chi connectivity index (χ4n) is 2.59. The van der Waals surface area contributed by atoms with Crippen molar-refractivity contribution < 1.29 is 4.74 Å². The Morgan fingerprint density at radius 1 is 1.41 bits per heavy atom. The molecule has 1 saturated heterocycles. The molecule has 2 N–H and O–H groups in total. The van der Waals surface area contributed by atoms with Gasteiger partial charge in [0.15, 0.2) is 0 Å². The van der Waals surface area contributed by atoms with E-state index in [1.165, 1.54) is 0 Å². The van der Waals surface area contributed by atoms with E-state index in [9.17, 15) is 0 Å². The zero-order valence-electron chi connectivity index (χ0n) is 10.7. The molecule has 2 unspecified atom stereocenters. The first-order valence-corrected chi connectivity index (χ1v) is 6.55. The Kier molecular flexibility index (Phi) is 4.12. The van der Waals surface area contributed by atoms with E-state index >= 15 is 0 Å². The lowest BCUT2D eigenvalue weighted by atomic mass is 9.98. The van der Waals surface area contributed by atoms with Gasteiger partial charge < -0.3 is 15.0 Å². The summed E-state index contributed by atoms with van der Waals surface area (Å²) in [5, 5.41) is 8.54. The van der Waals surface area contributed by atoms with Crippen LogP contribution in [0.2, 0.25) is 0 Å². The third-order valence-electron chi connectivity index (χ3n) is 3.43. The van der Waals surface area contributed by atoms with Crippen LogP contribution < -0.4 is 5.73 Å². The number of nitrogens with two attached hydrogens (primary N) is 1. The molecule has 0 aliphatic carbocycles. The maximum Gasteiger partial charge on any atom is 0.146 e. The van der Waals surface area contributed by atoms with Gasteiger partial charge in [-0.05, 0) is 19.3 Å². The summed E-state index contributed by atoms with van der Waals surface area (Å²) in [5.74, 6) is 2.35. The van der Waals surface area contributed by atoms with Crippen LogP contribution in [0.25, 0.3) is 0 Å². The molecule has 0 bridgehead atoms. The lowest BCUT2D eigenvalue weighted by Crippen LogP contribution is -2.19. The zero-order valence-corrected chi connectivity index (χ0v) is 10.7. The molecule has 2 atom stereocenters. The first-order chi connectivity index (χ1) is 8.31. The van der Waals surface area contributed by atoms with Gasteiger partial charge in [-0.25, -0.2) is 0 Å². The first-order valence-electron chi connectivity index (χ1n) is 6.55. The lowest BCUT2D eigenvalue weighted by Gasteiger charge is -2.17. The normalized spacial score (nSPS) is 24.4. The Balaban J connectivity index is 2.27. The van der Waals surface area contributed by atoms with E-state index in [0.29, 0.717) is 18.6 Å². The fraction of sp³-hybridized carbons (Fsp3) is 0.833. The summed E-state index contributed by atoms with van der Waals surface area (Å²) in [4.78, 5) is 0. The Bertz CT molecular complexity index is 363. The van der Waals surface area contributed by atoms with Crippen LogP contribution in [0.15, 0.2) is 0 Å². The highest BCUT2D eigenvalue weighted by Crippen LogP contribution is 2.32. The standard InChI is InChI=1S/C12H22N4O/c1-3-6-16-11(8-13)14-15-12(16)9-5-7-17-10(9)4-2/h9-10H,3-8,13H2,1-2H3. The van der Waals surface area contributed by atoms with Gasteiger partial charge in [0.2, 0.25) is 0 Å². The van der Waals surface area contributed by atoms with E-state index < -0.39 is 0 Å². The third-order valence-corrected chi connectivity index (χ3v) is 3.43. The van der Waals surface area contributed by atoms with Crippen molar-refractivity contribution in [2.24, 2.45) is 5.73 Å². The van der Waals surface area contributed by atoms with E-state index in [1.54, 1.807) is 0 Å². The number of aromatic nitrogens is 3. The van der Waals surface area contributed by atoms with Gasteiger partial charge in [-0.1, -0.05) is 13.8 Å². The van der Waals surface area contributed by atoms with Gasteiger partial charge in [-0.15, -0.1) is 10.2 Å². The molecule has 1 aromatic heterocycles. The Morgan fingerprint density at radius 2 is 2.24 bits per heavy atom. The molecule has 0 radical (unpaired) electrons. The maximum atomic E-state index is 5.73. The second-order valence-corrected chi connectivity index (χ2v) is 4.54. The van der Waals surface area contributed by atoms with Crippen molar-refractivity contribution in [3.8, 4) is 0 Å². The summed E-state index contributed by atoms with van der Waals surface area (Å²) in [7, 11) is 0. The van der Waals surface area contributed by atoms with Gasteiger partial charge in [0.1, 0.15) is 11.6 Å². The van der Waals surface area contributed by atoms with E-state index in [2.05, 4.69) is 28.6 Å². The molecule has 2 heterocycles. The van der Waals surface area contributed by atoms with E-state index in [1.807, 2.05) is 0 Å². The largest absolute Gasteiger partial charge is 0.377 e. The average molecular weight is 238 g/mol. The van der Waals surface area contributed by atoms with Gasteiger partial charge in [0, 0.05) is 19.1 Å². The monoisotopic (exact) mass is 238 g/mol. The van der Waals surface area contributed by atoms with E-state index in [4.69, 9.17) is 10.5 Å². The van der Waals surface area contributed by atoms with Crippen LogP contribution in [-0.2, 0) is 17.8 Å². The van der Waals surface area contributed by atoms with Gasteiger partial charge in [-0.2, -0.15) is 0 Å². The number of nitrogens with zero attached hydrogens (tertiary/aromatic N) is 3. The summed E-state index contributed by atoms with van der Waals surface area (Å²) >= 11 is 0. The minimum Gasteiger partial charge on any atom is -0.377 e. The summed E-state index contributed by atoms with van der Waals surface area (Å²) < 4.78 is 7.92. The molecular weight excluding hydrogens is 216 g/mol. The molecule has 1 aliphatic rings. The van der Waals surface area contributed by atoms with Gasteiger partial charge >= 0.3 is 0 Å². The van der Waals surface area contributed by atoms with Crippen molar-refractivity contribution in [1.29, 1.82) is 0 Å². The molecule has 96 valence electrons. The van der Waals surface area contributed by atoms with Gasteiger partial charge in [-0.3, -0.25) is 0 Å². The lowest BCUT2D eigenvalue weighted by molar-refractivity contribution is 0.0988. The Labute approximate surface area is 102 Å². The molecule has 17 heavy (non-hydrogen) atoms. The number of ether oxygens (including phenoxy) is 1. The summed E-state index contributed by atoms with van der Waals surface area (Å²) in [5.41, 5.74) is 5.71. The van der Waals surface area contributed by atoms with Gasteiger partial charge in [0.25, 0.3) is 0 Å². The SMILES string of the molecule is CCCn1c(CN)nnc1C1CCOC1CC. The predicted molar refractivity (Wildman–Crippen MR) is 65.6 cm³/mol. The molecule has 5 nitrogen and oxygen atoms in total. The van der Waals surface area contributed by atoms with Crippen molar-refractivity contribution in [2.75, 3.05) is 6.61 Å². The molecule has 5 heteroatoms. The molecule has 1 aliphatic heterocycles. The van der Waals surface area contributed by atoms with Crippen LogP contribution in [0, 0.1) is 0 Å². The van der Waals surface area contributed by atoms with Crippen molar-refractivity contribution >= 4 is 0 Å². The minimum absolute atomic E-state index is 0.292.